The molecule has 0 saturated heterocycles. The van der Waals surface area contributed by atoms with Crippen LogP contribution in [0.25, 0.3) is 0 Å². The number of hydrogen-bond donors (Lipinski definition) is 1. The summed E-state index contributed by atoms with van der Waals surface area (Å²) < 4.78 is 5.10. The minimum absolute atomic E-state index is 0.304. The summed E-state index contributed by atoms with van der Waals surface area (Å²) in [6, 6.07) is 0. The molecule has 0 atom stereocenters. The van der Waals surface area contributed by atoms with Crippen molar-refractivity contribution in [1.82, 2.24) is 5.16 Å². The van der Waals surface area contributed by atoms with Crippen molar-refractivity contribution in [3.63, 3.8) is 0 Å². The summed E-state index contributed by atoms with van der Waals surface area (Å²) in [5.41, 5.74) is 7.22. The fourth-order valence-electron chi connectivity index (χ4n) is 2.34. The van der Waals surface area contributed by atoms with Crippen LogP contribution < -0.4 is 5.73 Å². The maximum absolute atomic E-state index is 5.63. The van der Waals surface area contributed by atoms with E-state index in [1.165, 1.54) is 24.8 Å². The molecule has 1 saturated carbocycles. The Morgan fingerprint density at radius 3 is 2.77 bits per heavy atom. The number of nitrogens with two attached hydrogens (primary N) is 1. The molecule has 1 aliphatic rings. The minimum atomic E-state index is 0.304. The molecule has 0 aromatic carbocycles. The van der Waals surface area contributed by atoms with Gasteiger partial charge in [0.05, 0.1) is 6.20 Å². The van der Waals surface area contributed by atoms with Crippen molar-refractivity contribution in [2.45, 2.75) is 38.0 Å². The van der Waals surface area contributed by atoms with Gasteiger partial charge in [-0.3, -0.25) is 0 Å². The van der Waals surface area contributed by atoms with Crippen molar-refractivity contribution in [2.24, 2.45) is 5.73 Å². The molecule has 0 amide bonds. The molecule has 3 nitrogen and oxygen atoms in total. The molecule has 1 aliphatic carbocycles. The quantitative estimate of drug-likeness (QED) is 0.771. The second kappa shape index (κ2) is 3.14. The van der Waals surface area contributed by atoms with Crippen LogP contribution in [0, 0.1) is 6.92 Å². The van der Waals surface area contributed by atoms with E-state index in [-0.39, 0.29) is 0 Å². The van der Waals surface area contributed by atoms with E-state index in [0.717, 1.165) is 18.7 Å². The molecule has 0 aliphatic heterocycles. The summed E-state index contributed by atoms with van der Waals surface area (Å²) in [6.45, 7) is 2.74. The normalized spacial score (nSPS) is 19.8. The maximum atomic E-state index is 5.63. The molecular weight excluding hydrogens is 164 g/mol. The average Bonchev–Trinajstić information content (AvgIpc) is 2.44. The Hall–Kier alpha value is -0.830. The van der Waals surface area contributed by atoms with E-state index < -0.39 is 0 Å². The van der Waals surface area contributed by atoms with Gasteiger partial charge < -0.3 is 10.3 Å². The number of rotatable bonds is 3. The van der Waals surface area contributed by atoms with Gasteiger partial charge >= 0.3 is 0 Å². The van der Waals surface area contributed by atoms with Crippen LogP contribution in [-0.4, -0.2) is 11.7 Å². The summed E-state index contributed by atoms with van der Waals surface area (Å²) >= 11 is 0. The number of aromatic nitrogens is 1. The first-order valence-corrected chi connectivity index (χ1v) is 4.90. The second-order valence-corrected chi connectivity index (χ2v) is 3.97. The lowest BCUT2D eigenvalue weighted by atomic mass is 9.63. The highest BCUT2D eigenvalue weighted by Gasteiger charge is 2.40. The fraction of sp³-hybridized carbons (Fsp3) is 0.700. The van der Waals surface area contributed by atoms with Gasteiger partial charge in [0.2, 0.25) is 0 Å². The summed E-state index contributed by atoms with van der Waals surface area (Å²) in [6.07, 6.45) is 6.72. The van der Waals surface area contributed by atoms with Gasteiger partial charge in [0, 0.05) is 11.0 Å². The molecule has 0 radical (unpaired) electrons. The number of nitrogens with zero attached hydrogens (tertiary/aromatic N) is 1. The van der Waals surface area contributed by atoms with Crippen LogP contribution in [0.5, 0.6) is 0 Å². The van der Waals surface area contributed by atoms with E-state index in [1.807, 2.05) is 13.1 Å². The van der Waals surface area contributed by atoms with Crippen molar-refractivity contribution in [1.29, 1.82) is 0 Å². The Balaban J connectivity index is 2.26. The van der Waals surface area contributed by atoms with E-state index in [2.05, 4.69) is 5.16 Å². The Morgan fingerprint density at radius 2 is 2.38 bits per heavy atom. The van der Waals surface area contributed by atoms with E-state index in [1.54, 1.807) is 0 Å². The van der Waals surface area contributed by atoms with Gasteiger partial charge in [-0.15, -0.1) is 0 Å². The van der Waals surface area contributed by atoms with Crippen LogP contribution in [0.4, 0.5) is 0 Å². The predicted octanol–water partition coefficient (Wildman–Crippen LogP) is 1.75. The standard InChI is InChI=1S/C10H16N2O/c1-8-9(7-12-13-8)10(5-6-11)3-2-4-10/h7H,2-6,11H2,1H3. The SMILES string of the molecule is Cc1oncc1C1(CCN)CCC1. The van der Waals surface area contributed by atoms with Gasteiger partial charge in [0.15, 0.2) is 0 Å². The first kappa shape index (κ1) is 8.75. The number of aryl methyl sites for hydroxylation is 1. The van der Waals surface area contributed by atoms with Crippen molar-refractivity contribution >= 4 is 0 Å². The zero-order valence-corrected chi connectivity index (χ0v) is 8.05. The summed E-state index contributed by atoms with van der Waals surface area (Å²) in [5.74, 6) is 0.966. The van der Waals surface area contributed by atoms with Crippen LogP contribution in [0.3, 0.4) is 0 Å². The maximum Gasteiger partial charge on any atom is 0.137 e. The van der Waals surface area contributed by atoms with Gasteiger partial charge in [-0.25, -0.2) is 0 Å². The molecule has 1 fully saturated rings. The highest BCUT2D eigenvalue weighted by molar-refractivity contribution is 5.27. The first-order valence-electron chi connectivity index (χ1n) is 4.90. The summed E-state index contributed by atoms with van der Waals surface area (Å²) in [7, 11) is 0. The topological polar surface area (TPSA) is 52.0 Å². The van der Waals surface area contributed by atoms with E-state index in [4.69, 9.17) is 10.3 Å². The highest BCUT2D eigenvalue weighted by atomic mass is 16.5. The molecule has 13 heavy (non-hydrogen) atoms. The van der Waals surface area contributed by atoms with Crippen molar-refractivity contribution in [3.05, 3.63) is 17.5 Å². The summed E-state index contributed by atoms with van der Waals surface area (Å²) in [5, 5.41) is 3.84. The van der Waals surface area contributed by atoms with Crippen LogP contribution in [0.2, 0.25) is 0 Å². The molecule has 2 N–H and O–H groups in total. The van der Waals surface area contributed by atoms with Crippen LogP contribution in [-0.2, 0) is 5.41 Å². The fourth-order valence-corrected chi connectivity index (χ4v) is 2.34. The molecule has 2 rings (SSSR count). The molecule has 1 aromatic heterocycles. The zero-order chi connectivity index (χ0) is 9.31. The third kappa shape index (κ3) is 1.27. The van der Waals surface area contributed by atoms with E-state index in [9.17, 15) is 0 Å². The van der Waals surface area contributed by atoms with Gasteiger partial charge in [0.1, 0.15) is 5.76 Å². The Labute approximate surface area is 78.3 Å². The Morgan fingerprint density at radius 1 is 1.62 bits per heavy atom. The van der Waals surface area contributed by atoms with Crippen LogP contribution in [0.1, 0.15) is 37.0 Å². The molecule has 1 aromatic rings. The molecule has 0 bridgehead atoms. The third-order valence-corrected chi connectivity index (χ3v) is 3.26. The minimum Gasteiger partial charge on any atom is -0.361 e. The monoisotopic (exact) mass is 180 g/mol. The molecule has 0 unspecified atom stereocenters. The molecule has 72 valence electrons. The van der Waals surface area contributed by atoms with Gasteiger partial charge in [-0.05, 0) is 32.7 Å². The van der Waals surface area contributed by atoms with Crippen molar-refractivity contribution < 1.29 is 4.52 Å². The zero-order valence-electron chi connectivity index (χ0n) is 8.05. The van der Waals surface area contributed by atoms with E-state index in [0.29, 0.717) is 5.41 Å². The molecular formula is C10H16N2O. The van der Waals surface area contributed by atoms with Crippen LogP contribution in [0.15, 0.2) is 10.7 Å². The highest BCUT2D eigenvalue weighted by Crippen LogP contribution is 2.47. The lowest BCUT2D eigenvalue weighted by Gasteiger charge is -2.41. The van der Waals surface area contributed by atoms with Crippen molar-refractivity contribution in [2.75, 3.05) is 6.54 Å². The first-order chi connectivity index (χ1) is 6.28. The smallest absolute Gasteiger partial charge is 0.137 e. The van der Waals surface area contributed by atoms with Crippen LogP contribution >= 0.6 is 0 Å². The van der Waals surface area contributed by atoms with Gasteiger partial charge in [0.25, 0.3) is 0 Å². The summed E-state index contributed by atoms with van der Waals surface area (Å²) in [4.78, 5) is 0. The lowest BCUT2D eigenvalue weighted by Crippen LogP contribution is -2.36. The van der Waals surface area contributed by atoms with Crippen molar-refractivity contribution in [3.8, 4) is 0 Å². The largest absolute Gasteiger partial charge is 0.361 e. The molecule has 3 heteroatoms. The van der Waals surface area contributed by atoms with Gasteiger partial charge in [-0.2, -0.15) is 0 Å². The lowest BCUT2D eigenvalue weighted by molar-refractivity contribution is 0.225. The Bertz CT molecular complexity index is 289. The predicted molar refractivity (Wildman–Crippen MR) is 50.4 cm³/mol. The average molecular weight is 180 g/mol. The van der Waals surface area contributed by atoms with Gasteiger partial charge in [-0.1, -0.05) is 11.6 Å². The van der Waals surface area contributed by atoms with E-state index >= 15 is 0 Å². The number of hydrogen-bond acceptors (Lipinski definition) is 3. The molecule has 1 heterocycles. The third-order valence-electron chi connectivity index (χ3n) is 3.26. The Kier molecular flexibility index (Phi) is 2.12. The molecule has 0 spiro atoms. The second-order valence-electron chi connectivity index (χ2n) is 3.97.